The number of benzene rings is 1. The van der Waals surface area contributed by atoms with Gasteiger partial charge < -0.3 is 14.9 Å². The van der Waals surface area contributed by atoms with E-state index in [0.717, 1.165) is 5.56 Å². The molecule has 0 aliphatic heterocycles. The third-order valence-corrected chi connectivity index (χ3v) is 2.59. The molecule has 0 fully saturated rings. The zero-order valence-electron chi connectivity index (χ0n) is 9.87. The first-order chi connectivity index (χ1) is 7.25. The predicted octanol–water partition coefficient (Wildman–Crippen LogP) is 2.25. The summed E-state index contributed by atoms with van der Waals surface area (Å²) in [7, 11) is 0. The Hall–Kier alpha value is -1.71. The molecule has 0 saturated heterocycles. The Morgan fingerprint density at radius 1 is 1.25 bits per heavy atom. The number of aliphatic carboxylic acids is 1. The summed E-state index contributed by atoms with van der Waals surface area (Å²) in [6.45, 7) is 6.50. The van der Waals surface area contributed by atoms with Gasteiger partial charge in [-0.15, -0.1) is 0 Å². The van der Waals surface area contributed by atoms with Crippen LogP contribution in [0.15, 0.2) is 12.1 Å². The molecule has 0 aliphatic rings. The van der Waals surface area contributed by atoms with Gasteiger partial charge in [0.15, 0.2) is 5.60 Å². The molecule has 2 N–H and O–H groups in total. The van der Waals surface area contributed by atoms with Gasteiger partial charge in [0, 0.05) is 0 Å². The highest BCUT2D eigenvalue weighted by Crippen LogP contribution is 2.30. The smallest absolute Gasteiger partial charge is 0.347 e. The second kappa shape index (κ2) is 4.04. The maximum absolute atomic E-state index is 10.9. The number of carbonyl (C=O) groups is 1. The molecule has 0 bridgehead atoms. The van der Waals surface area contributed by atoms with Crippen LogP contribution in [0, 0.1) is 13.8 Å². The fraction of sp³-hybridized carbons (Fsp3) is 0.417. The third kappa shape index (κ3) is 2.27. The second-order valence-electron chi connectivity index (χ2n) is 4.25. The van der Waals surface area contributed by atoms with E-state index in [2.05, 4.69) is 0 Å². The molecule has 16 heavy (non-hydrogen) atoms. The van der Waals surface area contributed by atoms with Crippen molar-refractivity contribution >= 4 is 5.97 Å². The SMILES string of the molecule is Cc1c(O)ccc(OC(C)(C)C(=O)O)c1C. The zero-order valence-corrected chi connectivity index (χ0v) is 9.87. The molecule has 0 heterocycles. The van der Waals surface area contributed by atoms with Crippen molar-refractivity contribution < 1.29 is 19.7 Å². The molecular formula is C12H16O4. The molecule has 1 aromatic carbocycles. The van der Waals surface area contributed by atoms with E-state index in [1.807, 2.05) is 0 Å². The first-order valence-electron chi connectivity index (χ1n) is 4.97. The normalized spacial score (nSPS) is 11.2. The average molecular weight is 224 g/mol. The first-order valence-corrected chi connectivity index (χ1v) is 4.97. The molecule has 4 nitrogen and oxygen atoms in total. The highest BCUT2D eigenvalue weighted by Gasteiger charge is 2.30. The van der Waals surface area contributed by atoms with E-state index in [1.54, 1.807) is 19.9 Å². The Labute approximate surface area is 94.5 Å². The lowest BCUT2D eigenvalue weighted by molar-refractivity contribution is -0.152. The van der Waals surface area contributed by atoms with Crippen molar-refractivity contribution in [3.05, 3.63) is 23.3 Å². The summed E-state index contributed by atoms with van der Waals surface area (Å²) in [4.78, 5) is 10.9. The molecule has 0 radical (unpaired) electrons. The summed E-state index contributed by atoms with van der Waals surface area (Å²) in [5.41, 5.74) is 0.154. The van der Waals surface area contributed by atoms with Crippen LogP contribution in [0.2, 0.25) is 0 Å². The monoisotopic (exact) mass is 224 g/mol. The zero-order chi connectivity index (χ0) is 12.5. The number of carboxylic acids is 1. The van der Waals surface area contributed by atoms with Crippen LogP contribution < -0.4 is 4.74 Å². The molecule has 88 valence electrons. The third-order valence-electron chi connectivity index (χ3n) is 2.59. The lowest BCUT2D eigenvalue weighted by Gasteiger charge is -2.23. The number of hydrogen-bond donors (Lipinski definition) is 2. The summed E-state index contributed by atoms with van der Waals surface area (Å²) >= 11 is 0. The van der Waals surface area contributed by atoms with E-state index in [4.69, 9.17) is 9.84 Å². The predicted molar refractivity (Wildman–Crippen MR) is 59.9 cm³/mol. The minimum absolute atomic E-state index is 0.179. The van der Waals surface area contributed by atoms with Crippen LogP contribution in [-0.4, -0.2) is 21.8 Å². The Bertz CT molecular complexity index is 421. The van der Waals surface area contributed by atoms with E-state index in [9.17, 15) is 9.90 Å². The number of hydrogen-bond acceptors (Lipinski definition) is 3. The van der Waals surface area contributed by atoms with Crippen molar-refractivity contribution in [1.82, 2.24) is 0 Å². The van der Waals surface area contributed by atoms with Crippen LogP contribution in [0.5, 0.6) is 11.5 Å². The number of ether oxygens (including phenoxy) is 1. The van der Waals surface area contributed by atoms with E-state index in [0.29, 0.717) is 11.3 Å². The molecule has 0 unspecified atom stereocenters. The minimum atomic E-state index is -1.28. The average Bonchev–Trinajstić information content (AvgIpc) is 2.19. The van der Waals surface area contributed by atoms with Crippen LogP contribution in [0.4, 0.5) is 0 Å². The molecule has 1 aromatic rings. The number of rotatable bonds is 3. The van der Waals surface area contributed by atoms with Crippen LogP contribution in [0.25, 0.3) is 0 Å². The number of phenolic OH excluding ortho intramolecular Hbond substituents is 1. The summed E-state index contributed by atoms with van der Waals surface area (Å²) in [6, 6.07) is 3.07. The maximum Gasteiger partial charge on any atom is 0.347 e. The van der Waals surface area contributed by atoms with Crippen LogP contribution in [-0.2, 0) is 4.79 Å². The summed E-state index contributed by atoms with van der Waals surface area (Å²) in [5, 5.41) is 18.4. The molecule has 4 heteroatoms. The molecule has 0 saturated carbocycles. The van der Waals surface area contributed by atoms with Gasteiger partial charge in [-0.3, -0.25) is 0 Å². The van der Waals surface area contributed by atoms with Gasteiger partial charge in [0.25, 0.3) is 0 Å². The number of aromatic hydroxyl groups is 1. The summed E-state index contributed by atoms with van der Waals surface area (Å²) in [5.74, 6) is -0.377. The Kier molecular flexibility index (Phi) is 3.12. The van der Waals surface area contributed by atoms with Gasteiger partial charge in [-0.05, 0) is 51.0 Å². The first kappa shape index (κ1) is 12.4. The molecule has 0 aromatic heterocycles. The van der Waals surface area contributed by atoms with E-state index in [-0.39, 0.29) is 5.75 Å². The van der Waals surface area contributed by atoms with Gasteiger partial charge in [-0.2, -0.15) is 0 Å². The lowest BCUT2D eigenvalue weighted by atomic mass is 10.1. The molecule has 0 atom stereocenters. The van der Waals surface area contributed by atoms with Crippen LogP contribution >= 0.6 is 0 Å². The van der Waals surface area contributed by atoms with Crippen LogP contribution in [0.1, 0.15) is 25.0 Å². The van der Waals surface area contributed by atoms with Gasteiger partial charge in [0.1, 0.15) is 11.5 Å². The Balaban J connectivity index is 3.08. The van der Waals surface area contributed by atoms with Gasteiger partial charge in [-0.1, -0.05) is 0 Å². The largest absolute Gasteiger partial charge is 0.508 e. The van der Waals surface area contributed by atoms with Crippen molar-refractivity contribution in [3.63, 3.8) is 0 Å². The second-order valence-corrected chi connectivity index (χ2v) is 4.25. The van der Waals surface area contributed by atoms with E-state index >= 15 is 0 Å². The van der Waals surface area contributed by atoms with Crippen molar-refractivity contribution in [2.45, 2.75) is 33.3 Å². The number of carboxylic acid groups (broad SMARTS) is 1. The maximum atomic E-state index is 10.9. The molecule has 0 aliphatic carbocycles. The number of phenols is 1. The minimum Gasteiger partial charge on any atom is -0.508 e. The molecule has 0 amide bonds. The van der Waals surface area contributed by atoms with Crippen molar-refractivity contribution in [2.24, 2.45) is 0 Å². The van der Waals surface area contributed by atoms with Crippen molar-refractivity contribution in [1.29, 1.82) is 0 Å². The van der Waals surface area contributed by atoms with Gasteiger partial charge in [-0.25, -0.2) is 4.79 Å². The molecule has 1 rings (SSSR count). The highest BCUT2D eigenvalue weighted by atomic mass is 16.5. The van der Waals surface area contributed by atoms with E-state index < -0.39 is 11.6 Å². The fourth-order valence-electron chi connectivity index (χ4n) is 1.21. The standard InChI is InChI=1S/C12H16O4/c1-7-8(2)10(6-5-9(7)13)16-12(3,4)11(14)15/h5-6,13H,1-4H3,(H,14,15). The Morgan fingerprint density at radius 2 is 1.81 bits per heavy atom. The quantitative estimate of drug-likeness (QED) is 0.826. The summed E-state index contributed by atoms with van der Waals surface area (Å²) < 4.78 is 5.42. The van der Waals surface area contributed by atoms with Crippen LogP contribution in [0.3, 0.4) is 0 Å². The van der Waals surface area contributed by atoms with Gasteiger partial charge >= 0.3 is 5.97 Å². The Morgan fingerprint density at radius 3 is 2.31 bits per heavy atom. The van der Waals surface area contributed by atoms with Gasteiger partial charge in [0.2, 0.25) is 0 Å². The molecule has 0 spiro atoms. The van der Waals surface area contributed by atoms with Crippen molar-refractivity contribution in [2.75, 3.05) is 0 Å². The van der Waals surface area contributed by atoms with Gasteiger partial charge in [0.05, 0.1) is 0 Å². The van der Waals surface area contributed by atoms with E-state index in [1.165, 1.54) is 19.9 Å². The van der Waals surface area contributed by atoms with Crippen molar-refractivity contribution in [3.8, 4) is 11.5 Å². The topological polar surface area (TPSA) is 66.8 Å². The molecular weight excluding hydrogens is 208 g/mol. The fourth-order valence-corrected chi connectivity index (χ4v) is 1.21. The lowest BCUT2D eigenvalue weighted by Crippen LogP contribution is -2.38. The highest BCUT2D eigenvalue weighted by molar-refractivity contribution is 5.76. The summed E-state index contributed by atoms with van der Waals surface area (Å²) in [6.07, 6.45) is 0.